The van der Waals surface area contributed by atoms with Crippen LogP contribution in [0.2, 0.25) is 0 Å². The lowest BCUT2D eigenvalue weighted by atomic mass is 10.1. The van der Waals surface area contributed by atoms with Gasteiger partial charge in [0, 0.05) is 24.3 Å². The van der Waals surface area contributed by atoms with Gasteiger partial charge in [-0.15, -0.1) is 0 Å². The molecule has 2 rings (SSSR count). The number of nitrogens with one attached hydrogen (secondary N) is 1. The average Bonchev–Trinajstić information content (AvgIpc) is 2.67. The number of carbonyl (C=O) groups excluding carboxylic acids is 1. The van der Waals surface area contributed by atoms with Crippen LogP contribution in [-0.2, 0) is 13.6 Å². The van der Waals surface area contributed by atoms with Crippen LogP contribution >= 0.6 is 15.9 Å². The fourth-order valence-electron chi connectivity index (χ4n) is 1.73. The number of amides is 1. The van der Waals surface area contributed by atoms with Crippen LogP contribution in [0.15, 0.2) is 41.0 Å². The number of halogens is 1. The van der Waals surface area contributed by atoms with E-state index in [2.05, 4.69) is 21.2 Å². The maximum absolute atomic E-state index is 12.0. The number of rotatable bonds is 3. The van der Waals surface area contributed by atoms with Gasteiger partial charge >= 0.3 is 0 Å². The van der Waals surface area contributed by atoms with E-state index in [0.717, 1.165) is 10.0 Å². The Morgan fingerprint density at radius 1 is 1.33 bits per heavy atom. The standard InChI is InChI=1S/C14H15BrN2O/c1-10-3-5-11(6-4-10)8-16-14(18)13-7-12(15)9-17(13)2/h3-7,9H,8H2,1-2H3,(H,16,18). The van der Waals surface area contributed by atoms with Crippen LogP contribution in [-0.4, -0.2) is 10.5 Å². The van der Waals surface area contributed by atoms with Gasteiger partial charge in [-0.2, -0.15) is 0 Å². The minimum atomic E-state index is -0.0659. The molecule has 0 radical (unpaired) electrons. The third kappa shape index (κ3) is 3.01. The van der Waals surface area contributed by atoms with E-state index in [4.69, 9.17) is 0 Å². The topological polar surface area (TPSA) is 34.0 Å². The van der Waals surface area contributed by atoms with E-state index < -0.39 is 0 Å². The lowest BCUT2D eigenvalue weighted by molar-refractivity contribution is 0.0943. The van der Waals surface area contributed by atoms with Gasteiger partial charge in [0.2, 0.25) is 0 Å². The lowest BCUT2D eigenvalue weighted by Crippen LogP contribution is -2.24. The van der Waals surface area contributed by atoms with Crippen molar-refractivity contribution in [2.45, 2.75) is 13.5 Å². The van der Waals surface area contributed by atoms with Crippen molar-refractivity contribution in [1.82, 2.24) is 9.88 Å². The normalized spacial score (nSPS) is 10.4. The first-order valence-corrected chi connectivity index (χ1v) is 6.51. The highest BCUT2D eigenvalue weighted by Gasteiger charge is 2.10. The zero-order valence-electron chi connectivity index (χ0n) is 10.4. The first-order chi connectivity index (χ1) is 8.56. The van der Waals surface area contributed by atoms with Gasteiger partial charge in [-0.1, -0.05) is 29.8 Å². The summed E-state index contributed by atoms with van der Waals surface area (Å²) in [6.07, 6.45) is 1.86. The zero-order chi connectivity index (χ0) is 13.1. The number of benzene rings is 1. The van der Waals surface area contributed by atoms with Gasteiger partial charge in [0.1, 0.15) is 5.69 Å². The Labute approximate surface area is 115 Å². The van der Waals surface area contributed by atoms with Crippen molar-refractivity contribution >= 4 is 21.8 Å². The summed E-state index contributed by atoms with van der Waals surface area (Å²) < 4.78 is 2.71. The molecule has 0 saturated carbocycles. The second-order valence-corrected chi connectivity index (χ2v) is 5.24. The fourth-order valence-corrected chi connectivity index (χ4v) is 2.25. The summed E-state index contributed by atoms with van der Waals surface area (Å²) in [5.41, 5.74) is 2.97. The molecular weight excluding hydrogens is 292 g/mol. The molecule has 0 fully saturated rings. The SMILES string of the molecule is Cc1ccc(CNC(=O)c2cc(Br)cn2C)cc1. The molecule has 1 aromatic heterocycles. The highest BCUT2D eigenvalue weighted by molar-refractivity contribution is 9.10. The fraction of sp³-hybridized carbons (Fsp3) is 0.214. The van der Waals surface area contributed by atoms with Gasteiger partial charge in [0.25, 0.3) is 5.91 Å². The Bertz CT molecular complexity index is 558. The van der Waals surface area contributed by atoms with Crippen molar-refractivity contribution in [3.8, 4) is 0 Å². The summed E-state index contributed by atoms with van der Waals surface area (Å²) in [4.78, 5) is 12.0. The predicted octanol–water partition coefficient (Wildman–Crippen LogP) is 3.03. The van der Waals surface area contributed by atoms with Gasteiger partial charge in [0.05, 0.1) is 0 Å². The number of hydrogen-bond acceptors (Lipinski definition) is 1. The van der Waals surface area contributed by atoms with Gasteiger partial charge in [-0.05, 0) is 34.5 Å². The van der Waals surface area contributed by atoms with Crippen LogP contribution in [0.4, 0.5) is 0 Å². The molecule has 1 amide bonds. The Kier molecular flexibility index (Phi) is 3.87. The second kappa shape index (κ2) is 5.40. The molecule has 2 aromatic rings. The van der Waals surface area contributed by atoms with E-state index in [1.807, 2.05) is 50.5 Å². The van der Waals surface area contributed by atoms with E-state index in [0.29, 0.717) is 12.2 Å². The van der Waals surface area contributed by atoms with E-state index in [1.54, 1.807) is 4.57 Å². The molecular formula is C14H15BrN2O. The number of carbonyl (C=O) groups is 1. The quantitative estimate of drug-likeness (QED) is 0.929. The summed E-state index contributed by atoms with van der Waals surface area (Å²) in [5.74, 6) is -0.0659. The van der Waals surface area contributed by atoms with Gasteiger partial charge < -0.3 is 9.88 Å². The van der Waals surface area contributed by atoms with Crippen LogP contribution in [0.3, 0.4) is 0 Å². The Hall–Kier alpha value is -1.55. The molecule has 0 spiro atoms. The third-order valence-corrected chi connectivity index (χ3v) is 3.21. The molecule has 94 valence electrons. The largest absolute Gasteiger partial charge is 0.347 e. The highest BCUT2D eigenvalue weighted by Crippen LogP contribution is 2.13. The van der Waals surface area contributed by atoms with E-state index >= 15 is 0 Å². The molecule has 1 aromatic carbocycles. The van der Waals surface area contributed by atoms with Crippen molar-refractivity contribution in [2.24, 2.45) is 7.05 Å². The molecule has 18 heavy (non-hydrogen) atoms. The minimum absolute atomic E-state index is 0.0659. The molecule has 0 aliphatic carbocycles. The predicted molar refractivity (Wildman–Crippen MR) is 75.5 cm³/mol. The van der Waals surface area contributed by atoms with Gasteiger partial charge in [0.15, 0.2) is 0 Å². The first kappa shape index (κ1) is 12.9. The van der Waals surface area contributed by atoms with Crippen LogP contribution in [0, 0.1) is 6.92 Å². The maximum Gasteiger partial charge on any atom is 0.268 e. The molecule has 1 heterocycles. The van der Waals surface area contributed by atoms with Crippen molar-refractivity contribution in [3.05, 3.63) is 57.8 Å². The smallest absolute Gasteiger partial charge is 0.268 e. The van der Waals surface area contributed by atoms with E-state index in [1.165, 1.54) is 5.56 Å². The molecule has 0 saturated heterocycles. The number of aromatic nitrogens is 1. The van der Waals surface area contributed by atoms with Crippen molar-refractivity contribution in [1.29, 1.82) is 0 Å². The third-order valence-electron chi connectivity index (χ3n) is 2.78. The Morgan fingerprint density at radius 2 is 2.00 bits per heavy atom. The van der Waals surface area contributed by atoms with Crippen molar-refractivity contribution in [3.63, 3.8) is 0 Å². The van der Waals surface area contributed by atoms with Crippen LogP contribution < -0.4 is 5.32 Å². The maximum atomic E-state index is 12.0. The molecule has 0 aliphatic heterocycles. The van der Waals surface area contributed by atoms with Crippen LogP contribution in [0.5, 0.6) is 0 Å². The highest BCUT2D eigenvalue weighted by atomic mass is 79.9. The van der Waals surface area contributed by atoms with Gasteiger partial charge in [-0.3, -0.25) is 4.79 Å². The van der Waals surface area contributed by atoms with E-state index in [-0.39, 0.29) is 5.91 Å². The molecule has 0 aliphatic rings. The summed E-state index contributed by atoms with van der Waals surface area (Å²) in [5, 5.41) is 2.91. The summed E-state index contributed by atoms with van der Waals surface area (Å²) in [6.45, 7) is 2.59. The lowest BCUT2D eigenvalue weighted by Gasteiger charge is -2.06. The monoisotopic (exact) mass is 306 g/mol. The van der Waals surface area contributed by atoms with Crippen molar-refractivity contribution in [2.75, 3.05) is 0 Å². The summed E-state index contributed by atoms with van der Waals surface area (Å²) in [7, 11) is 1.85. The first-order valence-electron chi connectivity index (χ1n) is 5.72. The number of aryl methyl sites for hydroxylation is 2. The van der Waals surface area contributed by atoms with Crippen LogP contribution in [0.1, 0.15) is 21.6 Å². The Balaban J connectivity index is 2.00. The molecule has 3 nitrogen and oxygen atoms in total. The average molecular weight is 307 g/mol. The summed E-state index contributed by atoms with van der Waals surface area (Å²) >= 11 is 3.35. The van der Waals surface area contributed by atoms with Gasteiger partial charge in [-0.25, -0.2) is 0 Å². The molecule has 1 N–H and O–H groups in total. The van der Waals surface area contributed by atoms with E-state index in [9.17, 15) is 4.79 Å². The summed E-state index contributed by atoms with van der Waals surface area (Å²) in [6, 6.07) is 9.94. The molecule has 0 bridgehead atoms. The molecule has 0 atom stereocenters. The van der Waals surface area contributed by atoms with Crippen LogP contribution in [0.25, 0.3) is 0 Å². The number of hydrogen-bond donors (Lipinski definition) is 1. The number of nitrogens with zero attached hydrogens (tertiary/aromatic N) is 1. The van der Waals surface area contributed by atoms with Crippen molar-refractivity contribution < 1.29 is 4.79 Å². The minimum Gasteiger partial charge on any atom is -0.347 e. The molecule has 4 heteroatoms. The second-order valence-electron chi connectivity index (χ2n) is 4.32. The molecule has 0 unspecified atom stereocenters. The Morgan fingerprint density at radius 3 is 2.56 bits per heavy atom. The zero-order valence-corrected chi connectivity index (χ0v) is 12.0.